The summed E-state index contributed by atoms with van der Waals surface area (Å²) in [6.07, 6.45) is 0. The maximum Gasteiger partial charge on any atom is 0.0384 e. The molecule has 0 unspecified atom stereocenters. The second-order valence-electron chi connectivity index (χ2n) is 4.56. The Kier molecular flexibility index (Phi) is 2.05. The van der Waals surface area contributed by atoms with Crippen LogP contribution in [0.25, 0.3) is 20.2 Å². The highest BCUT2D eigenvalue weighted by atomic mass is 32.1. The molecule has 0 spiro atoms. The van der Waals surface area contributed by atoms with Gasteiger partial charge >= 0.3 is 0 Å². The summed E-state index contributed by atoms with van der Waals surface area (Å²) in [6.45, 7) is 6.54. The second kappa shape index (κ2) is 3.33. The number of rotatable bonds is 0. The molecule has 1 aromatic heterocycles. The first-order valence-corrected chi connectivity index (χ1v) is 6.37. The number of aryl methyl sites for hydroxylation is 3. The van der Waals surface area contributed by atoms with Crippen LogP contribution in [-0.2, 0) is 0 Å². The predicted molar refractivity (Wildman–Crippen MR) is 73.5 cm³/mol. The lowest BCUT2D eigenvalue weighted by Gasteiger charge is -1.99. The molecule has 0 aliphatic carbocycles. The number of fused-ring (bicyclic) bond motifs is 3. The van der Waals surface area contributed by atoms with Gasteiger partial charge in [-0.2, -0.15) is 0 Å². The molecule has 80 valence electrons. The van der Waals surface area contributed by atoms with E-state index in [1.165, 1.54) is 36.9 Å². The van der Waals surface area contributed by atoms with Gasteiger partial charge in [0.15, 0.2) is 0 Å². The van der Waals surface area contributed by atoms with Crippen LogP contribution in [0.3, 0.4) is 0 Å². The first kappa shape index (κ1) is 9.86. The number of thiophene rings is 1. The molecule has 0 bridgehead atoms. The van der Waals surface area contributed by atoms with Crippen molar-refractivity contribution in [1.82, 2.24) is 0 Å². The zero-order valence-electron chi connectivity index (χ0n) is 9.79. The molecule has 0 amide bonds. The van der Waals surface area contributed by atoms with E-state index in [0.717, 1.165) is 0 Å². The van der Waals surface area contributed by atoms with Crippen molar-refractivity contribution in [1.29, 1.82) is 0 Å². The summed E-state index contributed by atoms with van der Waals surface area (Å²) in [6, 6.07) is 11.3. The van der Waals surface area contributed by atoms with Crippen LogP contribution in [0.15, 0.2) is 30.3 Å². The Morgan fingerprint density at radius 2 is 1.56 bits per heavy atom. The van der Waals surface area contributed by atoms with Gasteiger partial charge in [-0.05, 0) is 44.5 Å². The van der Waals surface area contributed by atoms with Crippen molar-refractivity contribution < 1.29 is 0 Å². The Bertz CT molecular complexity index is 689. The lowest BCUT2D eigenvalue weighted by molar-refractivity contribution is 1.44. The molecule has 0 radical (unpaired) electrons. The molecule has 0 aliphatic rings. The summed E-state index contributed by atoms with van der Waals surface area (Å²) in [7, 11) is 0. The molecular formula is C15H14S. The molecule has 0 saturated heterocycles. The highest BCUT2D eigenvalue weighted by Crippen LogP contribution is 2.36. The normalized spacial score (nSPS) is 11.4. The molecule has 0 nitrogen and oxygen atoms in total. The van der Waals surface area contributed by atoms with Crippen molar-refractivity contribution >= 4 is 31.5 Å². The van der Waals surface area contributed by atoms with E-state index in [9.17, 15) is 0 Å². The SMILES string of the molecule is Cc1ccc2sc3c(C)cc(C)cc3c2c1. The molecule has 16 heavy (non-hydrogen) atoms. The van der Waals surface area contributed by atoms with E-state index < -0.39 is 0 Å². The molecule has 0 N–H and O–H groups in total. The predicted octanol–water partition coefficient (Wildman–Crippen LogP) is 4.98. The van der Waals surface area contributed by atoms with Gasteiger partial charge in [0, 0.05) is 20.2 Å². The Labute approximate surface area is 99.5 Å². The van der Waals surface area contributed by atoms with E-state index in [4.69, 9.17) is 0 Å². The Hall–Kier alpha value is -1.34. The van der Waals surface area contributed by atoms with Crippen LogP contribution < -0.4 is 0 Å². The third kappa shape index (κ3) is 1.35. The molecule has 0 fully saturated rings. The quantitative estimate of drug-likeness (QED) is 0.507. The number of hydrogen-bond acceptors (Lipinski definition) is 1. The molecule has 2 aromatic carbocycles. The highest BCUT2D eigenvalue weighted by molar-refractivity contribution is 7.26. The van der Waals surface area contributed by atoms with Gasteiger partial charge in [-0.1, -0.05) is 23.3 Å². The summed E-state index contributed by atoms with van der Waals surface area (Å²) in [5.41, 5.74) is 4.09. The van der Waals surface area contributed by atoms with Gasteiger partial charge in [0.2, 0.25) is 0 Å². The minimum absolute atomic E-state index is 1.34. The maximum absolute atomic E-state index is 2.31. The third-order valence-electron chi connectivity index (χ3n) is 3.06. The van der Waals surface area contributed by atoms with Gasteiger partial charge in [0.25, 0.3) is 0 Å². The van der Waals surface area contributed by atoms with Crippen LogP contribution >= 0.6 is 11.3 Å². The van der Waals surface area contributed by atoms with Crippen molar-refractivity contribution in [3.8, 4) is 0 Å². The Balaban J connectivity index is 2.57. The van der Waals surface area contributed by atoms with Crippen molar-refractivity contribution in [3.63, 3.8) is 0 Å². The zero-order valence-corrected chi connectivity index (χ0v) is 10.6. The first-order chi connectivity index (χ1) is 7.65. The third-order valence-corrected chi connectivity index (χ3v) is 4.38. The van der Waals surface area contributed by atoms with Gasteiger partial charge in [-0.3, -0.25) is 0 Å². The summed E-state index contributed by atoms with van der Waals surface area (Å²) in [5, 5.41) is 2.83. The minimum Gasteiger partial charge on any atom is -0.135 e. The van der Waals surface area contributed by atoms with Crippen LogP contribution in [0.1, 0.15) is 16.7 Å². The topological polar surface area (TPSA) is 0 Å². The molecular weight excluding hydrogens is 212 g/mol. The number of hydrogen-bond donors (Lipinski definition) is 0. The fourth-order valence-electron chi connectivity index (χ4n) is 2.34. The summed E-state index contributed by atoms with van der Waals surface area (Å²) < 4.78 is 2.83. The standard InChI is InChI=1S/C15H14S/c1-9-4-5-14-12(7-9)13-8-10(2)6-11(3)15(13)16-14/h4-8H,1-3H3. The highest BCUT2D eigenvalue weighted by Gasteiger charge is 2.07. The van der Waals surface area contributed by atoms with Gasteiger partial charge in [-0.15, -0.1) is 11.3 Å². The van der Waals surface area contributed by atoms with Crippen LogP contribution in [0.4, 0.5) is 0 Å². The average Bonchev–Trinajstić information content (AvgIpc) is 2.57. The van der Waals surface area contributed by atoms with Gasteiger partial charge < -0.3 is 0 Å². The zero-order chi connectivity index (χ0) is 11.3. The molecule has 1 heteroatoms. The van der Waals surface area contributed by atoms with E-state index in [0.29, 0.717) is 0 Å². The van der Waals surface area contributed by atoms with E-state index in [1.54, 1.807) is 0 Å². The monoisotopic (exact) mass is 226 g/mol. The maximum atomic E-state index is 2.31. The van der Waals surface area contributed by atoms with Gasteiger partial charge in [-0.25, -0.2) is 0 Å². The second-order valence-corrected chi connectivity index (χ2v) is 5.61. The van der Waals surface area contributed by atoms with Crippen molar-refractivity contribution in [2.75, 3.05) is 0 Å². The minimum atomic E-state index is 1.34. The Morgan fingerprint density at radius 3 is 2.38 bits per heavy atom. The van der Waals surface area contributed by atoms with Crippen LogP contribution in [0.2, 0.25) is 0 Å². The molecule has 3 aromatic rings. The van der Waals surface area contributed by atoms with Gasteiger partial charge in [0.05, 0.1) is 0 Å². The number of benzene rings is 2. The Morgan fingerprint density at radius 1 is 0.812 bits per heavy atom. The lowest BCUT2D eigenvalue weighted by atomic mass is 10.1. The molecule has 1 heterocycles. The molecule has 0 saturated carbocycles. The summed E-state index contributed by atoms with van der Waals surface area (Å²) in [4.78, 5) is 0. The smallest absolute Gasteiger partial charge is 0.0384 e. The van der Waals surface area contributed by atoms with E-state index in [1.807, 2.05) is 11.3 Å². The fraction of sp³-hybridized carbons (Fsp3) is 0.200. The van der Waals surface area contributed by atoms with Gasteiger partial charge in [0.1, 0.15) is 0 Å². The largest absolute Gasteiger partial charge is 0.135 e. The first-order valence-electron chi connectivity index (χ1n) is 5.55. The molecule has 0 aliphatic heterocycles. The van der Waals surface area contributed by atoms with Crippen LogP contribution in [0, 0.1) is 20.8 Å². The molecule has 3 rings (SSSR count). The van der Waals surface area contributed by atoms with Crippen molar-refractivity contribution in [2.45, 2.75) is 20.8 Å². The van der Waals surface area contributed by atoms with E-state index in [2.05, 4.69) is 51.1 Å². The van der Waals surface area contributed by atoms with Crippen molar-refractivity contribution in [2.24, 2.45) is 0 Å². The fourth-order valence-corrected chi connectivity index (χ4v) is 3.48. The molecule has 0 atom stereocenters. The van der Waals surface area contributed by atoms with Crippen LogP contribution in [0.5, 0.6) is 0 Å². The van der Waals surface area contributed by atoms with E-state index in [-0.39, 0.29) is 0 Å². The average molecular weight is 226 g/mol. The lowest BCUT2D eigenvalue weighted by Crippen LogP contribution is -1.77. The summed E-state index contributed by atoms with van der Waals surface area (Å²) in [5.74, 6) is 0. The summed E-state index contributed by atoms with van der Waals surface area (Å²) >= 11 is 1.91. The van der Waals surface area contributed by atoms with Crippen molar-refractivity contribution in [3.05, 3.63) is 47.0 Å². The van der Waals surface area contributed by atoms with Crippen LogP contribution in [-0.4, -0.2) is 0 Å². The van der Waals surface area contributed by atoms with E-state index >= 15 is 0 Å².